The van der Waals surface area contributed by atoms with Gasteiger partial charge in [0.05, 0.1) is 0 Å². The van der Waals surface area contributed by atoms with Crippen molar-refractivity contribution < 1.29 is 0 Å². The van der Waals surface area contributed by atoms with Crippen LogP contribution in [0.4, 0.5) is 0 Å². The Balaban J connectivity index is 1.55. The van der Waals surface area contributed by atoms with E-state index in [1.807, 2.05) is 11.3 Å². The summed E-state index contributed by atoms with van der Waals surface area (Å²) in [5.41, 5.74) is 0. The van der Waals surface area contributed by atoms with Crippen LogP contribution >= 0.6 is 23.1 Å². The monoisotopic (exact) mass is 227 g/mol. The molecule has 1 aliphatic heterocycles. The first-order valence-electron chi connectivity index (χ1n) is 5.28. The smallest absolute Gasteiger partial charge is 0.0166 e. The standard InChI is InChI=1S/C11H17NS2/c1(3-11-4-2-7-14-11)6-12-10-5-8-13-9-10/h2,4,7,10,12H,1,3,5-6,8-9H2. The number of aryl methyl sites for hydroxylation is 1. The average molecular weight is 227 g/mol. The minimum atomic E-state index is 0.795. The number of thiophene rings is 1. The van der Waals surface area contributed by atoms with Gasteiger partial charge in [-0.1, -0.05) is 6.07 Å². The molecule has 0 radical (unpaired) electrons. The molecule has 2 rings (SSSR count). The van der Waals surface area contributed by atoms with Gasteiger partial charge in [0, 0.05) is 16.7 Å². The molecule has 1 aromatic rings. The van der Waals surface area contributed by atoms with E-state index in [1.54, 1.807) is 0 Å². The lowest BCUT2D eigenvalue weighted by molar-refractivity contribution is 0.546. The Hall–Kier alpha value is 0.01000. The van der Waals surface area contributed by atoms with Crippen LogP contribution in [0.15, 0.2) is 17.5 Å². The minimum Gasteiger partial charge on any atom is -0.313 e. The molecule has 1 N–H and O–H groups in total. The maximum Gasteiger partial charge on any atom is 0.0166 e. The Labute approximate surface area is 94.3 Å². The Bertz CT molecular complexity index is 240. The molecule has 1 unspecified atom stereocenters. The van der Waals surface area contributed by atoms with E-state index in [-0.39, 0.29) is 0 Å². The molecule has 0 aromatic carbocycles. The van der Waals surface area contributed by atoms with Crippen LogP contribution in [-0.2, 0) is 6.42 Å². The normalized spacial score (nSPS) is 21.6. The van der Waals surface area contributed by atoms with Crippen molar-refractivity contribution in [2.24, 2.45) is 0 Å². The summed E-state index contributed by atoms with van der Waals surface area (Å²) in [7, 11) is 0. The zero-order chi connectivity index (χ0) is 9.64. The van der Waals surface area contributed by atoms with Gasteiger partial charge in [0.25, 0.3) is 0 Å². The molecule has 0 saturated carbocycles. The molecule has 1 fully saturated rings. The average Bonchev–Trinajstić information content (AvgIpc) is 2.86. The van der Waals surface area contributed by atoms with Gasteiger partial charge in [0.2, 0.25) is 0 Å². The Morgan fingerprint density at radius 3 is 3.21 bits per heavy atom. The largest absolute Gasteiger partial charge is 0.313 e. The first-order chi connectivity index (χ1) is 6.95. The molecule has 0 spiro atoms. The number of thioether (sulfide) groups is 1. The van der Waals surface area contributed by atoms with E-state index in [4.69, 9.17) is 0 Å². The van der Waals surface area contributed by atoms with Gasteiger partial charge >= 0.3 is 0 Å². The van der Waals surface area contributed by atoms with Crippen LogP contribution < -0.4 is 5.32 Å². The SMILES string of the molecule is c1csc(CCCNC2CCSC2)c1. The van der Waals surface area contributed by atoms with E-state index in [2.05, 4.69) is 34.6 Å². The lowest BCUT2D eigenvalue weighted by Gasteiger charge is -2.09. The van der Waals surface area contributed by atoms with Gasteiger partial charge in [-0.05, 0) is 43.0 Å². The summed E-state index contributed by atoms with van der Waals surface area (Å²) in [5.74, 6) is 2.67. The molecular weight excluding hydrogens is 210 g/mol. The fourth-order valence-corrected chi connectivity index (χ4v) is 3.66. The van der Waals surface area contributed by atoms with Crippen molar-refractivity contribution >= 4 is 23.1 Å². The Morgan fingerprint density at radius 1 is 1.50 bits per heavy atom. The highest BCUT2D eigenvalue weighted by molar-refractivity contribution is 7.99. The zero-order valence-corrected chi connectivity index (χ0v) is 10.0. The molecule has 2 heterocycles. The molecule has 14 heavy (non-hydrogen) atoms. The Morgan fingerprint density at radius 2 is 2.50 bits per heavy atom. The lowest BCUT2D eigenvalue weighted by atomic mass is 10.2. The quantitative estimate of drug-likeness (QED) is 0.776. The molecule has 1 aliphatic rings. The molecule has 0 aliphatic carbocycles. The second-order valence-electron chi connectivity index (χ2n) is 3.70. The van der Waals surface area contributed by atoms with Gasteiger partial charge in [-0.2, -0.15) is 11.8 Å². The summed E-state index contributed by atoms with van der Waals surface area (Å²) >= 11 is 3.95. The lowest BCUT2D eigenvalue weighted by Crippen LogP contribution is -2.29. The topological polar surface area (TPSA) is 12.0 Å². The minimum absolute atomic E-state index is 0.795. The van der Waals surface area contributed by atoms with E-state index in [9.17, 15) is 0 Å². The molecule has 78 valence electrons. The fraction of sp³-hybridized carbons (Fsp3) is 0.636. The molecule has 0 bridgehead atoms. The third-order valence-corrected chi connectivity index (χ3v) is 4.64. The summed E-state index contributed by atoms with van der Waals surface area (Å²) in [6.07, 6.45) is 3.88. The van der Waals surface area contributed by atoms with Gasteiger partial charge in [-0.3, -0.25) is 0 Å². The van der Waals surface area contributed by atoms with Gasteiger partial charge < -0.3 is 5.32 Å². The van der Waals surface area contributed by atoms with Crippen molar-refractivity contribution in [3.63, 3.8) is 0 Å². The van der Waals surface area contributed by atoms with Crippen LogP contribution in [0.25, 0.3) is 0 Å². The van der Waals surface area contributed by atoms with Gasteiger partial charge in [0.15, 0.2) is 0 Å². The van der Waals surface area contributed by atoms with Crippen molar-refractivity contribution in [2.75, 3.05) is 18.1 Å². The van der Waals surface area contributed by atoms with Crippen LogP contribution in [0.2, 0.25) is 0 Å². The van der Waals surface area contributed by atoms with Crippen LogP contribution in [0.1, 0.15) is 17.7 Å². The molecule has 1 nitrogen and oxygen atoms in total. The molecule has 3 heteroatoms. The third-order valence-electron chi connectivity index (χ3n) is 2.54. The maximum atomic E-state index is 3.63. The van der Waals surface area contributed by atoms with Crippen LogP contribution in [0.3, 0.4) is 0 Å². The second kappa shape index (κ2) is 5.79. The van der Waals surface area contributed by atoms with Gasteiger partial charge in [-0.25, -0.2) is 0 Å². The van der Waals surface area contributed by atoms with Gasteiger partial charge in [-0.15, -0.1) is 11.3 Å². The highest BCUT2D eigenvalue weighted by Gasteiger charge is 2.13. The third kappa shape index (κ3) is 3.30. The summed E-state index contributed by atoms with van der Waals surface area (Å²) in [4.78, 5) is 1.52. The maximum absolute atomic E-state index is 3.63. The van der Waals surface area contributed by atoms with Crippen molar-refractivity contribution in [2.45, 2.75) is 25.3 Å². The first kappa shape index (κ1) is 10.5. The molecule has 0 amide bonds. The van der Waals surface area contributed by atoms with Gasteiger partial charge in [0.1, 0.15) is 0 Å². The van der Waals surface area contributed by atoms with Crippen molar-refractivity contribution in [1.82, 2.24) is 5.32 Å². The van der Waals surface area contributed by atoms with E-state index >= 15 is 0 Å². The Kier molecular flexibility index (Phi) is 4.35. The van der Waals surface area contributed by atoms with E-state index in [0.29, 0.717) is 0 Å². The molecular formula is C11H17NS2. The molecule has 1 atom stereocenters. The highest BCUT2D eigenvalue weighted by Crippen LogP contribution is 2.17. The first-order valence-corrected chi connectivity index (χ1v) is 7.32. The van der Waals surface area contributed by atoms with E-state index in [0.717, 1.165) is 6.04 Å². The van der Waals surface area contributed by atoms with Crippen LogP contribution in [0.5, 0.6) is 0 Å². The summed E-state index contributed by atoms with van der Waals surface area (Å²) in [6, 6.07) is 5.17. The van der Waals surface area contributed by atoms with Crippen molar-refractivity contribution in [1.29, 1.82) is 0 Å². The van der Waals surface area contributed by atoms with Crippen LogP contribution in [-0.4, -0.2) is 24.1 Å². The molecule has 1 aromatic heterocycles. The summed E-state index contributed by atoms with van der Waals surface area (Å²) in [5, 5.41) is 5.79. The zero-order valence-electron chi connectivity index (χ0n) is 8.37. The number of hydrogen-bond acceptors (Lipinski definition) is 3. The predicted molar refractivity (Wildman–Crippen MR) is 66.4 cm³/mol. The van der Waals surface area contributed by atoms with E-state index in [1.165, 1.54) is 42.2 Å². The summed E-state index contributed by atoms with van der Waals surface area (Å²) in [6.45, 7) is 1.18. The van der Waals surface area contributed by atoms with Crippen molar-refractivity contribution in [3.05, 3.63) is 22.4 Å². The van der Waals surface area contributed by atoms with Crippen LogP contribution in [0, 0.1) is 0 Å². The van der Waals surface area contributed by atoms with Crippen molar-refractivity contribution in [3.8, 4) is 0 Å². The number of rotatable bonds is 5. The second-order valence-corrected chi connectivity index (χ2v) is 5.88. The highest BCUT2D eigenvalue weighted by atomic mass is 32.2. The molecule has 1 saturated heterocycles. The summed E-state index contributed by atoms with van der Waals surface area (Å²) < 4.78 is 0. The van der Waals surface area contributed by atoms with E-state index < -0.39 is 0 Å². The number of hydrogen-bond donors (Lipinski definition) is 1. The number of nitrogens with one attached hydrogen (secondary N) is 1. The predicted octanol–water partition coefficient (Wildman–Crippen LogP) is 2.78. The fourth-order valence-electron chi connectivity index (χ4n) is 1.72.